The number of aromatic nitrogens is 2. The lowest BCUT2D eigenvalue weighted by Crippen LogP contribution is -2.41. The Morgan fingerprint density at radius 1 is 1.52 bits per heavy atom. The van der Waals surface area contributed by atoms with Crippen LogP contribution in [0, 0.1) is 13.8 Å². The molecule has 7 nitrogen and oxygen atoms in total. The van der Waals surface area contributed by atoms with Crippen molar-refractivity contribution in [1.82, 2.24) is 20.0 Å². The summed E-state index contributed by atoms with van der Waals surface area (Å²) in [5, 5.41) is 19.7. The molecule has 2 heterocycles. The van der Waals surface area contributed by atoms with E-state index >= 15 is 0 Å². The van der Waals surface area contributed by atoms with E-state index in [0.717, 1.165) is 30.0 Å². The Hall–Kier alpha value is -1.44. The van der Waals surface area contributed by atoms with E-state index in [4.69, 9.17) is 0 Å². The van der Waals surface area contributed by atoms with E-state index in [-0.39, 0.29) is 18.1 Å². The molecule has 1 aromatic rings. The van der Waals surface area contributed by atoms with Gasteiger partial charge in [0.05, 0.1) is 29.7 Å². The maximum atomic E-state index is 12.2. The van der Waals surface area contributed by atoms with Crippen molar-refractivity contribution in [3.63, 3.8) is 0 Å². The standard InChI is InChI=1S/C14H25N5O2/c1-9-14(10(2)17-16-9)15-13(21)8-19-7-12(20)5-11(19)6-18(3)4/h11-12,20H,5-8H2,1-4H3,(H,15,21)(H,16,17). The number of aryl methyl sites for hydroxylation is 2. The zero-order valence-electron chi connectivity index (χ0n) is 13.2. The van der Waals surface area contributed by atoms with Gasteiger partial charge in [-0.3, -0.25) is 14.8 Å². The van der Waals surface area contributed by atoms with Gasteiger partial charge in [-0.2, -0.15) is 5.10 Å². The number of nitrogens with one attached hydrogen (secondary N) is 2. The monoisotopic (exact) mass is 295 g/mol. The number of rotatable bonds is 5. The highest BCUT2D eigenvalue weighted by Crippen LogP contribution is 2.19. The van der Waals surface area contributed by atoms with Gasteiger partial charge in [-0.15, -0.1) is 0 Å². The summed E-state index contributed by atoms with van der Waals surface area (Å²) in [6, 6.07) is 0.215. The highest BCUT2D eigenvalue weighted by atomic mass is 16.3. The van der Waals surface area contributed by atoms with Crippen LogP contribution in [0.2, 0.25) is 0 Å². The van der Waals surface area contributed by atoms with Gasteiger partial charge in [-0.05, 0) is 34.4 Å². The van der Waals surface area contributed by atoms with Crippen molar-refractivity contribution in [3.8, 4) is 0 Å². The van der Waals surface area contributed by atoms with Crippen LogP contribution in [0.25, 0.3) is 0 Å². The Morgan fingerprint density at radius 2 is 2.24 bits per heavy atom. The number of nitrogens with zero attached hydrogens (tertiary/aromatic N) is 3. The number of anilines is 1. The van der Waals surface area contributed by atoms with Crippen molar-refractivity contribution in [1.29, 1.82) is 0 Å². The topological polar surface area (TPSA) is 84.5 Å². The third kappa shape index (κ3) is 4.03. The Bertz CT molecular complexity index is 480. The van der Waals surface area contributed by atoms with E-state index in [2.05, 4.69) is 20.4 Å². The van der Waals surface area contributed by atoms with Gasteiger partial charge in [-0.25, -0.2) is 0 Å². The number of H-pyrrole nitrogens is 1. The molecule has 0 radical (unpaired) electrons. The summed E-state index contributed by atoms with van der Waals surface area (Å²) in [6.45, 7) is 5.42. The normalized spacial score (nSPS) is 23.0. The highest BCUT2D eigenvalue weighted by Gasteiger charge is 2.32. The van der Waals surface area contributed by atoms with Crippen molar-refractivity contribution in [2.75, 3.05) is 39.0 Å². The van der Waals surface area contributed by atoms with Crippen molar-refractivity contribution >= 4 is 11.6 Å². The average molecular weight is 295 g/mol. The summed E-state index contributed by atoms with van der Waals surface area (Å²) in [6.07, 6.45) is 0.370. The lowest BCUT2D eigenvalue weighted by molar-refractivity contribution is -0.117. The van der Waals surface area contributed by atoms with E-state index in [1.165, 1.54) is 0 Å². The van der Waals surface area contributed by atoms with Crippen LogP contribution in [0.1, 0.15) is 17.8 Å². The van der Waals surface area contributed by atoms with E-state index < -0.39 is 0 Å². The minimum Gasteiger partial charge on any atom is -0.392 e. The molecule has 0 spiro atoms. The maximum Gasteiger partial charge on any atom is 0.238 e. The molecule has 0 bridgehead atoms. The third-order valence-corrected chi connectivity index (χ3v) is 3.82. The Morgan fingerprint density at radius 3 is 2.81 bits per heavy atom. The molecule has 1 amide bonds. The van der Waals surface area contributed by atoms with Crippen LogP contribution < -0.4 is 5.32 Å². The van der Waals surface area contributed by atoms with Gasteiger partial charge >= 0.3 is 0 Å². The molecule has 2 unspecified atom stereocenters. The number of β-amino-alcohol motifs (C(OH)–C–C–N with tert-alkyl or cyclic N) is 1. The second-order valence-corrected chi connectivity index (χ2v) is 6.09. The lowest BCUT2D eigenvalue weighted by atomic mass is 10.2. The largest absolute Gasteiger partial charge is 0.392 e. The predicted octanol–water partition coefficient (Wildman–Crippen LogP) is -0.0382. The average Bonchev–Trinajstić information content (AvgIpc) is 2.86. The van der Waals surface area contributed by atoms with E-state index in [1.807, 2.05) is 32.8 Å². The van der Waals surface area contributed by atoms with Gasteiger partial charge in [0.2, 0.25) is 5.91 Å². The highest BCUT2D eigenvalue weighted by molar-refractivity contribution is 5.93. The number of likely N-dealkylation sites (tertiary alicyclic amines) is 1. The van der Waals surface area contributed by atoms with E-state index in [1.54, 1.807) is 0 Å². The molecule has 7 heteroatoms. The van der Waals surface area contributed by atoms with Crippen molar-refractivity contribution in [2.45, 2.75) is 32.4 Å². The van der Waals surface area contributed by atoms with Gasteiger partial charge in [0.15, 0.2) is 0 Å². The summed E-state index contributed by atoms with van der Waals surface area (Å²) in [5.41, 5.74) is 2.39. The summed E-state index contributed by atoms with van der Waals surface area (Å²) < 4.78 is 0. The molecule has 1 aliphatic heterocycles. The minimum absolute atomic E-state index is 0.0690. The number of carbonyl (C=O) groups is 1. The maximum absolute atomic E-state index is 12.2. The second kappa shape index (κ2) is 6.55. The number of hydrogen-bond acceptors (Lipinski definition) is 5. The molecule has 1 fully saturated rings. The molecule has 1 saturated heterocycles. The smallest absolute Gasteiger partial charge is 0.238 e. The number of hydrogen-bond donors (Lipinski definition) is 3. The molecule has 0 saturated carbocycles. The van der Waals surface area contributed by atoms with E-state index in [0.29, 0.717) is 13.1 Å². The van der Waals surface area contributed by atoms with Gasteiger partial charge in [0, 0.05) is 19.1 Å². The van der Waals surface area contributed by atoms with Gasteiger partial charge in [0.25, 0.3) is 0 Å². The number of likely N-dealkylation sites (N-methyl/N-ethyl adjacent to an activating group) is 1. The molecule has 1 aromatic heterocycles. The summed E-state index contributed by atoms with van der Waals surface area (Å²) in [5.74, 6) is -0.0690. The van der Waals surface area contributed by atoms with Crippen LogP contribution in [0.4, 0.5) is 5.69 Å². The van der Waals surface area contributed by atoms with E-state index in [9.17, 15) is 9.90 Å². The fourth-order valence-electron chi connectivity index (χ4n) is 2.86. The summed E-state index contributed by atoms with van der Waals surface area (Å²) in [7, 11) is 4.00. The molecule has 118 valence electrons. The van der Waals surface area contributed by atoms with Crippen molar-refractivity contribution < 1.29 is 9.90 Å². The molecule has 2 atom stereocenters. The minimum atomic E-state index is -0.347. The van der Waals surface area contributed by atoms with Gasteiger partial charge in [-0.1, -0.05) is 0 Å². The first-order valence-electron chi connectivity index (χ1n) is 7.25. The second-order valence-electron chi connectivity index (χ2n) is 6.09. The Kier molecular flexibility index (Phi) is 4.97. The van der Waals surface area contributed by atoms with Crippen LogP contribution >= 0.6 is 0 Å². The molecule has 3 N–H and O–H groups in total. The number of aliphatic hydroxyl groups excluding tert-OH is 1. The first-order valence-corrected chi connectivity index (χ1v) is 7.25. The molecule has 1 aliphatic rings. The fourth-order valence-corrected chi connectivity index (χ4v) is 2.86. The number of carbonyl (C=O) groups excluding carboxylic acids is 1. The zero-order valence-corrected chi connectivity index (χ0v) is 13.2. The lowest BCUT2D eigenvalue weighted by Gasteiger charge is -2.26. The van der Waals surface area contributed by atoms with Crippen LogP contribution in [-0.4, -0.2) is 76.9 Å². The summed E-state index contributed by atoms with van der Waals surface area (Å²) >= 11 is 0. The van der Waals surface area contributed by atoms with Crippen molar-refractivity contribution in [2.24, 2.45) is 0 Å². The number of aliphatic hydroxyl groups is 1. The SMILES string of the molecule is Cc1n[nH]c(C)c1NC(=O)CN1CC(O)CC1CN(C)C. The van der Waals surface area contributed by atoms with Crippen LogP contribution in [0.15, 0.2) is 0 Å². The van der Waals surface area contributed by atoms with Gasteiger partial charge in [0.1, 0.15) is 0 Å². The first-order chi connectivity index (χ1) is 9.86. The molecular formula is C14H25N5O2. The number of amides is 1. The Balaban J connectivity index is 1.95. The van der Waals surface area contributed by atoms with Crippen LogP contribution in [-0.2, 0) is 4.79 Å². The quantitative estimate of drug-likeness (QED) is 0.710. The van der Waals surface area contributed by atoms with Gasteiger partial charge < -0.3 is 15.3 Å². The molecule has 21 heavy (non-hydrogen) atoms. The predicted molar refractivity (Wildman–Crippen MR) is 81.2 cm³/mol. The Labute approximate surface area is 125 Å². The molecule has 0 aromatic carbocycles. The van der Waals surface area contributed by atoms with Crippen LogP contribution in [0.3, 0.4) is 0 Å². The molecule has 0 aliphatic carbocycles. The molecular weight excluding hydrogens is 270 g/mol. The van der Waals surface area contributed by atoms with Crippen molar-refractivity contribution in [3.05, 3.63) is 11.4 Å². The zero-order chi connectivity index (χ0) is 15.6. The summed E-state index contributed by atoms with van der Waals surface area (Å²) in [4.78, 5) is 16.3. The molecule has 2 rings (SSSR count). The number of aromatic amines is 1. The fraction of sp³-hybridized carbons (Fsp3) is 0.714. The first kappa shape index (κ1) is 15.9. The third-order valence-electron chi connectivity index (χ3n) is 3.82. The van der Waals surface area contributed by atoms with Crippen LogP contribution in [0.5, 0.6) is 0 Å².